The number of nitrogens with zero attached hydrogens (tertiary/aromatic N) is 1. The van der Waals surface area contributed by atoms with Gasteiger partial charge >= 0.3 is 0 Å². The molecule has 0 heterocycles. The lowest BCUT2D eigenvalue weighted by atomic mass is 10.1. The second kappa shape index (κ2) is 10.1. The van der Waals surface area contributed by atoms with Crippen molar-refractivity contribution in [3.05, 3.63) is 71.8 Å². The molecule has 1 amide bonds. The Morgan fingerprint density at radius 1 is 0.808 bits per heavy atom. The predicted molar refractivity (Wildman–Crippen MR) is 107 cm³/mol. The molecule has 1 saturated carbocycles. The van der Waals surface area contributed by atoms with Crippen LogP contribution in [0, 0.1) is 0 Å². The summed E-state index contributed by atoms with van der Waals surface area (Å²) in [6.07, 6.45) is 7.35. The molecule has 1 aliphatic carbocycles. The van der Waals surface area contributed by atoms with E-state index < -0.39 is 0 Å². The number of hydrogen-bond acceptors (Lipinski definition) is 2. The van der Waals surface area contributed by atoms with Gasteiger partial charge in [-0.1, -0.05) is 86.3 Å². The molecule has 3 rings (SSSR count). The van der Waals surface area contributed by atoms with Crippen molar-refractivity contribution in [3.63, 3.8) is 0 Å². The first-order valence-electron chi connectivity index (χ1n) is 9.89. The standard InChI is InChI=1S/C23H30N2O/c26-23(24-22-15-9-1-2-10-16-22)19-25(17-20-11-5-3-6-12-20)18-21-13-7-4-8-14-21/h3-8,11-14,22H,1-2,9-10,15-19H2,(H,24,26). The van der Waals surface area contributed by atoms with Gasteiger partial charge in [0.15, 0.2) is 0 Å². The second-order valence-corrected chi connectivity index (χ2v) is 7.37. The molecule has 0 aromatic heterocycles. The van der Waals surface area contributed by atoms with E-state index in [0.29, 0.717) is 12.6 Å². The quantitative estimate of drug-likeness (QED) is 0.744. The van der Waals surface area contributed by atoms with Gasteiger partial charge in [0.2, 0.25) is 5.91 Å². The van der Waals surface area contributed by atoms with Crippen LogP contribution in [0.3, 0.4) is 0 Å². The lowest BCUT2D eigenvalue weighted by Gasteiger charge is -2.24. The molecule has 0 aliphatic heterocycles. The molecule has 0 saturated heterocycles. The van der Waals surface area contributed by atoms with Gasteiger partial charge < -0.3 is 5.32 Å². The maximum absolute atomic E-state index is 12.7. The SMILES string of the molecule is O=C(CN(Cc1ccccc1)Cc1ccccc1)NC1CCCCCC1. The summed E-state index contributed by atoms with van der Waals surface area (Å²) in [7, 11) is 0. The van der Waals surface area contributed by atoms with E-state index in [1.165, 1.54) is 36.8 Å². The summed E-state index contributed by atoms with van der Waals surface area (Å²) in [6.45, 7) is 2.02. The Morgan fingerprint density at radius 3 is 1.81 bits per heavy atom. The van der Waals surface area contributed by atoms with Crippen molar-refractivity contribution in [1.29, 1.82) is 0 Å². The topological polar surface area (TPSA) is 32.3 Å². The van der Waals surface area contributed by atoms with E-state index in [1.54, 1.807) is 0 Å². The Hall–Kier alpha value is -2.13. The lowest BCUT2D eigenvalue weighted by molar-refractivity contribution is -0.123. The van der Waals surface area contributed by atoms with Gasteiger partial charge in [0.05, 0.1) is 6.54 Å². The molecule has 0 spiro atoms. The summed E-state index contributed by atoms with van der Waals surface area (Å²) in [5.41, 5.74) is 2.48. The van der Waals surface area contributed by atoms with Crippen LogP contribution in [0.25, 0.3) is 0 Å². The predicted octanol–water partition coefficient (Wildman–Crippen LogP) is 4.53. The van der Waals surface area contributed by atoms with Crippen molar-refractivity contribution in [2.24, 2.45) is 0 Å². The first kappa shape index (κ1) is 18.7. The van der Waals surface area contributed by atoms with Gasteiger partial charge in [-0.15, -0.1) is 0 Å². The highest BCUT2D eigenvalue weighted by molar-refractivity contribution is 5.78. The number of nitrogens with one attached hydrogen (secondary N) is 1. The molecular formula is C23H30N2O. The third-order valence-electron chi connectivity index (χ3n) is 5.09. The van der Waals surface area contributed by atoms with E-state index in [4.69, 9.17) is 0 Å². The molecule has 1 N–H and O–H groups in total. The molecule has 2 aromatic carbocycles. The number of carbonyl (C=O) groups is 1. The molecule has 2 aromatic rings. The number of amides is 1. The zero-order valence-electron chi connectivity index (χ0n) is 15.6. The molecule has 3 nitrogen and oxygen atoms in total. The number of rotatable bonds is 7. The fourth-order valence-electron chi connectivity index (χ4n) is 3.75. The Morgan fingerprint density at radius 2 is 1.31 bits per heavy atom. The van der Waals surface area contributed by atoms with Crippen molar-refractivity contribution >= 4 is 5.91 Å². The molecule has 1 aliphatic rings. The van der Waals surface area contributed by atoms with Crippen LogP contribution >= 0.6 is 0 Å². The number of hydrogen-bond donors (Lipinski definition) is 1. The summed E-state index contributed by atoms with van der Waals surface area (Å²) >= 11 is 0. The van der Waals surface area contributed by atoms with Crippen LogP contribution in [-0.2, 0) is 17.9 Å². The molecule has 138 valence electrons. The van der Waals surface area contributed by atoms with Crippen LogP contribution in [0.4, 0.5) is 0 Å². The lowest BCUT2D eigenvalue weighted by Crippen LogP contribution is -2.41. The minimum atomic E-state index is 0.156. The normalized spacial score (nSPS) is 15.6. The van der Waals surface area contributed by atoms with Crippen molar-refractivity contribution in [2.75, 3.05) is 6.54 Å². The van der Waals surface area contributed by atoms with Gasteiger partial charge in [0.1, 0.15) is 0 Å². The average molecular weight is 351 g/mol. The maximum Gasteiger partial charge on any atom is 0.234 e. The van der Waals surface area contributed by atoms with E-state index in [2.05, 4.69) is 58.7 Å². The molecule has 26 heavy (non-hydrogen) atoms. The highest BCUT2D eigenvalue weighted by atomic mass is 16.2. The first-order valence-corrected chi connectivity index (χ1v) is 9.89. The van der Waals surface area contributed by atoms with Crippen LogP contribution in [0.15, 0.2) is 60.7 Å². The van der Waals surface area contributed by atoms with Crippen molar-refractivity contribution in [1.82, 2.24) is 10.2 Å². The Bertz CT molecular complexity index is 607. The van der Waals surface area contributed by atoms with Gasteiger partial charge in [0, 0.05) is 19.1 Å². The summed E-state index contributed by atoms with van der Waals surface area (Å²) in [5, 5.41) is 3.28. The monoisotopic (exact) mass is 350 g/mol. The number of benzene rings is 2. The van der Waals surface area contributed by atoms with Crippen LogP contribution in [0.5, 0.6) is 0 Å². The van der Waals surface area contributed by atoms with E-state index >= 15 is 0 Å². The Balaban J connectivity index is 1.61. The minimum Gasteiger partial charge on any atom is -0.352 e. The zero-order valence-corrected chi connectivity index (χ0v) is 15.6. The van der Waals surface area contributed by atoms with Gasteiger partial charge in [-0.25, -0.2) is 0 Å². The highest BCUT2D eigenvalue weighted by Gasteiger charge is 2.17. The van der Waals surface area contributed by atoms with Gasteiger partial charge in [-0.2, -0.15) is 0 Å². The molecule has 0 unspecified atom stereocenters. The fraction of sp³-hybridized carbons (Fsp3) is 0.435. The third-order valence-corrected chi connectivity index (χ3v) is 5.09. The Kier molecular flexibility index (Phi) is 7.26. The number of carbonyl (C=O) groups excluding carboxylic acids is 1. The summed E-state index contributed by atoms with van der Waals surface area (Å²) in [6, 6.07) is 21.2. The molecular weight excluding hydrogens is 320 g/mol. The van der Waals surface area contributed by atoms with Crippen LogP contribution in [-0.4, -0.2) is 23.4 Å². The third kappa shape index (κ3) is 6.30. The van der Waals surface area contributed by atoms with Crippen molar-refractivity contribution in [2.45, 2.75) is 57.7 Å². The summed E-state index contributed by atoms with van der Waals surface area (Å²) in [4.78, 5) is 14.9. The van der Waals surface area contributed by atoms with Crippen molar-refractivity contribution in [3.8, 4) is 0 Å². The second-order valence-electron chi connectivity index (χ2n) is 7.37. The van der Waals surface area contributed by atoms with E-state index in [9.17, 15) is 4.79 Å². The summed E-state index contributed by atoms with van der Waals surface area (Å²) in [5.74, 6) is 0.156. The van der Waals surface area contributed by atoms with Gasteiger partial charge in [-0.3, -0.25) is 9.69 Å². The zero-order chi connectivity index (χ0) is 18.0. The molecule has 0 radical (unpaired) electrons. The molecule has 1 fully saturated rings. The average Bonchev–Trinajstić information content (AvgIpc) is 2.92. The smallest absolute Gasteiger partial charge is 0.234 e. The van der Waals surface area contributed by atoms with Gasteiger partial charge in [-0.05, 0) is 24.0 Å². The van der Waals surface area contributed by atoms with Crippen molar-refractivity contribution < 1.29 is 4.79 Å². The van der Waals surface area contributed by atoms with E-state index in [0.717, 1.165) is 25.9 Å². The largest absolute Gasteiger partial charge is 0.352 e. The van der Waals surface area contributed by atoms with Crippen LogP contribution in [0.2, 0.25) is 0 Å². The first-order chi connectivity index (χ1) is 12.8. The molecule has 3 heteroatoms. The highest BCUT2D eigenvalue weighted by Crippen LogP contribution is 2.17. The summed E-state index contributed by atoms with van der Waals surface area (Å²) < 4.78 is 0. The van der Waals surface area contributed by atoms with Gasteiger partial charge in [0.25, 0.3) is 0 Å². The van der Waals surface area contributed by atoms with Crippen LogP contribution in [0.1, 0.15) is 49.7 Å². The Labute approximate surface area is 157 Å². The molecule has 0 atom stereocenters. The fourth-order valence-corrected chi connectivity index (χ4v) is 3.75. The maximum atomic E-state index is 12.7. The van der Waals surface area contributed by atoms with E-state index in [-0.39, 0.29) is 5.91 Å². The van der Waals surface area contributed by atoms with Crippen LogP contribution < -0.4 is 5.32 Å². The molecule has 0 bridgehead atoms. The minimum absolute atomic E-state index is 0.156. The van der Waals surface area contributed by atoms with E-state index in [1.807, 2.05) is 12.1 Å².